The van der Waals surface area contributed by atoms with E-state index in [0.717, 1.165) is 40.2 Å². The molecule has 1 heterocycles. The van der Waals surface area contributed by atoms with Crippen LogP contribution in [0.5, 0.6) is 5.75 Å². The smallest absolute Gasteiger partial charge is 0.416 e. The molecule has 0 atom stereocenters. The lowest BCUT2D eigenvalue weighted by Gasteiger charge is -2.11. The number of alkyl halides is 3. The first-order chi connectivity index (χ1) is 15.7. The summed E-state index contributed by atoms with van der Waals surface area (Å²) in [5.41, 5.74) is 2.35. The van der Waals surface area contributed by atoms with Gasteiger partial charge in [-0.1, -0.05) is 23.4 Å². The van der Waals surface area contributed by atoms with Crippen LogP contribution in [0.2, 0.25) is 5.02 Å². The summed E-state index contributed by atoms with van der Waals surface area (Å²) in [5.74, 6) is 5.92. The SMILES string of the molecule is COc1ccc(/C=N/Nc2nnc(SCC(=O)Nc3cc(C(F)(F)F)ccc3Cl)n2N)cc1. The average molecular weight is 500 g/mol. The lowest BCUT2D eigenvalue weighted by Crippen LogP contribution is -2.17. The second-order valence-corrected chi connectivity index (χ2v) is 7.70. The number of hydrogen-bond donors (Lipinski definition) is 3. The molecule has 1 amide bonds. The molecule has 0 aliphatic heterocycles. The van der Waals surface area contributed by atoms with Gasteiger partial charge in [-0.3, -0.25) is 4.79 Å². The van der Waals surface area contributed by atoms with Gasteiger partial charge in [-0.2, -0.15) is 18.3 Å². The molecule has 0 bridgehead atoms. The monoisotopic (exact) mass is 499 g/mol. The molecular weight excluding hydrogens is 483 g/mol. The first-order valence-electron chi connectivity index (χ1n) is 9.10. The van der Waals surface area contributed by atoms with Crippen LogP contribution in [-0.4, -0.2) is 39.9 Å². The van der Waals surface area contributed by atoms with Gasteiger partial charge in [0.05, 0.1) is 35.4 Å². The zero-order valence-corrected chi connectivity index (χ0v) is 18.5. The fourth-order valence-electron chi connectivity index (χ4n) is 2.42. The van der Waals surface area contributed by atoms with Crippen molar-refractivity contribution < 1.29 is 22.7 Å². The lowest BCUT2D eigenvalue weighted by molar-refractivity contribution is -0.137. The molecule has 2 aromatic carbocycles. The van der Waals surface area contributed by atoms with E-state index in [-0.39, 0.29) is 27.6 Å². The largest absolute Gasteiger partial charge is 0.497 e. The van der Waals surface area contributed by atoms with Crippen molar-refractivity contribution in [3.05, 3.63) is 58.6 Å². The number of nitrogens with two attached hydrogens (primary N) is 1. The first-order valence-corrected chi connectivity index (χ1v) is 10.5. The summed E-state index contributed by atoms with van der Waals surface area (Å²) in [5, 5.41) is 14.2. The van der Waals surface area contributed by atoms with Crippen LogP contribution in [0.4, 0.5) is 24.8 Å². The maximum atomic E-state index is 12.9. The van der Waals surface area contributed by atoms with Crippen LogP contribution < -0.4 is 21.3 Å². The van der Waals surface area contributed by atoms with Gasteiger partial charge in [0.25, 0.3) is 5.95 Å². The van der Waals surface area contributed by atoms with Gasteiger partial charge in [0.2, 0.25) is 11.1 Å². The first kappa shape index (κ1) is 24.2. The van der Waals surface area contributed by atoms with Gasteiger partial charge in [0.1, 0.15) is 5.75 Å². The Balaban J connectivity index is 1.56. The number of hydrogen-bond acceptors (Lipinski definition) is 8. The summed E-state index contributed by atoms with van der Waals surface area (Å²) in [7, 11) is 1.57. The number of anilines is 2. The second kappa shape index (κ2) is 10.4. The van der Waals surface area contributed by atoms with Crippen LogP contribution in [-0.2, 0) is 11.0 Å². The molecule has 0 saturated carbocycles. The number of methoxy groups -OCH3 is 1. The third-order valence-electron chi connectivity index (χ3n) is 4.06. The van der Waals surface area contributed by atoms with E-state index in [4.69, 9.17) is 22.2 Å². The lowest BCUT2D eigenvalue weighted by atomic mass is 10.2. The van der Waals surface area contributed by atoms with E-state index in [1.807, 2.05) is 0 Å². The van der Waals surface area contributed by atoms with Crippen LogP contribution in [0.1, 0.15) is 11.1 Å². The number of aromatic nitrogens is 3. The number of hydrazone groups is 1. The van der Waals surface area contributed by atoms with Crippen LogP contribution in [0.3, 0.4) is 0 Å². The number of nitrogens with zero attached hydrogens (tertiary/aromatic N) is 4. The molecule has 0 fully saturated rings. The highest BCUT2D eigenvalue weighted by molar-refractivity contribution is 7.99. The Morgan fingerprint density at radius 2 is 2.00 bits per heavy atom. The average Bonchev–Trinajstić information content (AvgIpc) is 3.13. The molecule has 3 rings (SSSR count). The van der Waals surface area contributed by atoms with Gasteiger partial charge in [0, 0.05) is 0 Å². The summed E-state index contributed by atoms with van der Waals surface area (Å²) in [6.07, 6.45) is -3.03. The van der Waals surface area contributed by atoms with E-state index >= 15 is 0 Å². The molecule has 4 N–H and O–H groups in total. The summed E-state index contributed by atoms with van der Waals surface area (Å²) >= 11 is 6.81. The number of benzene rings is 2. The van der Waals surface area contributed by atoms with E-state index in [1.54, 1.807) is 31.4 Å². The molecule has 33 heavy (non-hydrogen) atoms. The Bertz CT molecular complexity index is 1150. The molecule has 0 aliphatic rings. The predicted molar refractivity (Wildman–Crippen MR) is 120 cm³/mol. The Morgan fingerprint density at radius 3 is 2.67 bits per heavy atom. The highest BCUT2D eigenvalue weighted by Crippen LogP contribution is 2.34. The Morgan fingerprint density at radius 1 is 1.27 bits per heavy atom. The molecule has 0 unspecified atom stereocenters. The summed E-state index contributed by atoms with van der Waals surface area (Å²) in [4.78, 5) is 12.2. The van der Waals surface area contributed by atoms with E-state index in [0.29, 0.717) is 5.75 Å². The zero-order valence-electron chi connectivity index (χ0n) is 16.9. The molecule has 0 aliphatic carbocycles. The van der Waals surface area contributed by atoms with Crippen molar-refractivity contribution in [3.8, 4) is 5.75 Å². The highest BCUT2D eigenvalue weighted by Gasteiger charge is 2.31. The molecule has 1 aromatic heterocycles. The molecule has 14 heteroatoms. The number of nitrogens with one attached hydrogen (secondary N) is 2. The third kappa shape index (κ3) is 6.52. The van der Waals surface area contributed by atoms with Gasteiger partial charge < -0.3 is 15.9 Å². The summed E-state index contributed by atoms with van der Waals surface area (Å²) < 4.78 is 44.7. The molecular formula is C19H17ClF3N7O2S. The van der Waals surface area contributed by atoms with Crippen LogP contribution in [0, 0.1) is 0 Å². The maximum Gasteiger partial charge on any atom is 0.416 e. The van der Waals surface area contributed by atoms with E-state index in [2.05, 4.69) is 26.0 Å². The van der Waals surface area contributed by atoms with Crippen molar-refractivity contribution >= 4 is 47.1 Å². The van der Waals surface area contributed by atoms with E-state index in [9.17, 15) is 18.0 Å². The Kier molecular flexibility index (Phi) is 7.66. The van der Waals surface area contributed by atoms with Crippen molar-refractivity contribution in [2.75, 3.05) is 29.4 Å². The van der Waals surface area contributed by atoms with Crippen molar-refractivity contribution in [2.45, 2.75) is 11.3 Å². The molecule has 0 radical (unpaired) electrons. The standard InChI is InChI=1S/C19H17ClF3N7O2S/c1-32-13-5-2-11(3-6-13)9-25-27-17-28-29-18(30(17)24)33-10-16(31)26-15-8-12(19(21,22)23)4-7-14(15)20/h2-9H,10,24H2,1H3,(H,26,31)(H,27,28)/b25-9+. The number of ether oxygens (including phenoxy) is 1. The van der Waals surface area contributed by atoms with E-state index in [1.165, 1.54) is 6.21 Å². The minimum Gasteiger partial charge on any atom is -0.497 e. The van der Waals surface area contributed by atoms with E-state index < -0.39 is 17.6 Å². The maximum absolute atomic E-state index is 12.9. The minimum atomic E-state index is -4.56. The molecule has 9 nitrogen and oxygen atoms in total. The number of thioether (sulfide) groups is 1. The fraction of sp³-hybridized carbons (Fsp3) is 0.158. The van der Waals surface area contributed by atoms with Crippen LogP contribution >= 0.6 is 23.4 Å². The number of carbonyl (C=O) groups excluding carboxylic acids is 1. The zero-order chi connectivity index (χ0) is 24.0. The van der Waals surface area contributed by atoms with Gasteiger partial charge in [-0.15, -0.1) is 10.2 Å². The number of rotatable bonds is 8. The van der Waals surface area contributed by atoms with Crippen LogP contribution in [0.15, 0.2) is 52.7 Å². The van der Waals surface area contributed by atoms with Crippen molar-refractivity contribution in [3.63, 3.8) is 0 Å². The van der Waals surface area contributed by atoms with Gasteiger partial charge in [0.15, 0.2) is 0 Å². The van der Waals surface area contributed by atoms with Crippen molar-refractivity contribution in [1.29, 1.82) is 0 Å². The fourth-order valence-corrected chi connectivity index (χ4v) is 3.24. The normalized spacial score (nSPS) is 11.5. The van der Waals surface area contributed by atoms with Crippen molar-refractivity contribution in [2.24, 2.45) is 5.10 Å². The summed E-state index contributed by atoms with van der Waals surface area (Å²) in [6.45, 7) is 0. The third-order valence-corrected chi connectivity index (χ3v) is 5.33. The minimum absolute atomic E-state index is 0.0236. The Hall–Kier alpha value is -3.45. The number of halogens is 4. The van der Waals surface area contributed by atoms with Crippen LogP contribution in [0.25, 0.3) is 0 Å². The number of amides is 1. The molecule has 174 valence electrons. The Labute approximate surface area is 195 Å². The number of carbonyl (C=O) groups is 1. The van der Waals surface area contributed by atoms with Crippen molar-refractivity contribution in [1.82, 2.24) is 14.9 Å². The number of nitrogen functional groups attached to an aromatic ring is 1. The quantitative estimate of drug-likeness (QED) is 0.186. The van der Waals surface area contributed by atoms with Gasteiger partial charge in [-0.25, -0.2) is 10.1 Å². The molecule has 3 aromatic rings. The molecule has 0 spiro atoms. The second-order valence-electron chi connectivity index (χ2n) is 6.35. The van der Waals surface area contributed by atoms with Gasteiger partial charge >= 0.3 is 6.18 Å². The predicted octanol–water partition coefficient (Wildman–Crippen LogP) is 3.85. The highest BCUT2D eigenvalue weighted by atomic mass is 35.5. The molecule has 0 saturated heterocycles. The summed E-state index contributed by atoms with van der Waals surface area (Å²) in [6, 6.07) is 9.81. The topological polar surface area (TPSA) is 119 Å². The van der Waals surface area contributed by atoms with Gasteiger partial charge in [-0.05, 0) is 48.0 Å².